The Morgan fingerprint density at radius 3 is 2.90 bits per heavy atom. The first-order valence-corrected chi connectivity index (χ1v) is 13.3. The predicted molar refractivity (Wildman–Crippen MR) is 162 cm³/mol. The Labute approximate surface area is 235 Å². The molecule has 1 aliphatic heterocycles. The monoisotopic (exact) mass is 548 g/mol. The number of hydrazone groups is 1. The fourth-order valence-corrected chi connectivity index (χ4v) is 4.29. The van der Waals surface area contributed by atoms with Gasteiger partial charge < -0.3 is 21.8 Å². The molecular weight excluding hydrogens is 512 g/mol. The lowest BCUT2D eigenvalue weighted by Gasteiger charge is -2.21. The van der Waals surface area contributed by atoms with E-state index >= 15 is 0 Å². The van der Waals surface area contributed by atoms with E-state index in [1.807, 2.05) is 19.4 Å². The van der Waals surface area contributed by atoms with Crippen LogP contribution in [0.5, 0.6) is 0 Å². The van der Waals surface area contributed by atoms with Crippen molar-refractivity contribution < 1.29 is 4.79 Å². The molecule has 206 valence electrons. The summed E-state index contributed by atoms with van der Waals surface area (Å²) in [5.41, 5.74) is 5.66. The molecule has 9 nitrogen and oxygen atoms in total. The highest BCUT2D eigenvalue weighted by Crippen LogP contribution is 2.33. The zero-order valence-electron chi connectivity index (χ0n) is 22.2. The highest BCUT2D eigenvalue weighted by Gasteiger charge is 2.16. The number of fused-ring (bicyclic) bond motifs is 4. The number of nitrogens with one attached hydrogen (secondary N) is 3. The fraction of sp³-hybridized carbons (Fsp3) is 0.276. The summed E-state index contributed by atoms with van der Waals surface area (Å²) in [4.78, 5) is 17.3. The Bertz CT molecular complexity index is 1250. The minimum absolute atomic E-state index is 0.133. The van der Waals surface area contributed by atoms with E-state index in [0.29, 0.717) is 17.2 Å². The molecular formula is C29H37ClN8O. The number of carbonyl (C=O) groups excluding carboxylic acids is 1. The summed E-state index contributed by atoms with van der Waals surface area (Å²) in [7, 11) is 1.91. The third-order valence-corrected chi connectivity index (χ3v) is 6.54. The number of amides is 1. The molecule has 1 amide bonds. The molecule has 2 bridgehead atoms. The van der Waals surface area contributed by atoms with E-state index in [1.165, 1.54) is 17.4 Å². The first kappa shape index (κ1) is 29.5. The Balaban J connectivity index is 1.68. The first-order chi connectivity index (χ1) is 18.9. The van der Waals surface area contributed by atoms with Gasteiger partial charge in [-0.05, 0) is 61.3 Å². The highest BCUT2D eigenvalue weighted by atomic mass is 35.5. The van der Waals surface area contributed by atoms with Crippen LogP contribution < -0.4 is 27.6 Å². The molecule has 0 fully saturated rings. The van der Waals surface area contributed by atoms with Gasteiger partial charge in [0.05, 0.1) is 11.7 Å². The number of aromatic nitrogens is 1. The topological polar surface area (TPSA) is 134 Å². The number of hydrazine groups is 1. The van der Waals surface area contributed by atoms with Gasteiger partial charge in [0.1, 0.15) is 6.34 Å². The van der Waals surface area contributed by atoms with Crippen LogP contribution in [-0.4, -0.2) is 35.8 Å². The van der Waals surface area contributed by atoms with Crippen molar-refractivity contribution in [3.05, 3.63) is 89.9 Å². The zero-order chi connectivity index (χ0) is 28.0. The minimum atomic E-state index is -0.161. The van der Waals surface area contributed by atoms with Crippen molar-refractivity contribution in [2.45, 2.75) is 38.1 Å². The zero-order valence-corrected chi connectivity index (χ0v) is 23.0. The minimum Gasteiger partial charge on any atom is -0.388 e. The molecule has 39 heavy (non-hydrogen) atoms. The molecule has 1 atom stereocenters. The molecule has 2 aromatic rings. The van der Waals surface area contributed by atoms with Gasteiger partial charge in [-0.25, -0.2) is 5.84 Å². The van der Waals surface area contributed by atoms with Gasteiger partial charge in [-0.15, -0.1) is 0 Å². The van der Waals surface area contributed by atoms with Gasteiger partial charge >= 0.3 is 0 Å². The van der Waals surface area contributed by atoms with Gasteiger partial charge in [0, 0.05) is 53.5 Å². The van der Waals surface area contributed by atoms with Crippen LogP contribution in [0.15, 0.2) is 89.4 Å². The summed E-state index contributed by atoms with van der Waals surface area (Å²) in [5, 5.41) is 14.9. The van der Waals surface area contributed by atoms with Crippen LogP contribution in [0, 0.1) is 0 Å². The van der Waals surface area contributed by atoms with Crippen LogP contribution >= 0.6 is 11.6 Å². The molecule has 0 saturated heterocycles. The maximum Gasteiger partial charge on any atom is 0.244 e. The molecule has 0 unspecified atom stereocenters. The number of halogens is 1. The Hall–Kier alpha value is -4.08. The second-order valence-electron chi connectivity index (χ2n) is 9.08. The number of benzene rings is 1. The maximum absolute atomic E-state index is 12.8. The summed E-state index contributed by atoms with van der Waals surface area (Å²) in [6.07, 6.45) is 17.7. The second kappa shape index (κ2) is 15.4. The van der Waals surface area contributed by atoms with Crippen LogP contribution in [0.1, 0.15) is 43.7 Å². The van der Waals surface area contributed by atoms with Crippen LogP contribution in [0.25, 0.3) is 11.1 Å². The third-order valence-electron chi connectivity index (χ3n) is 6.26. The van der Waals surface area contributed by atoms with Crippen molar-refractivity contribution in [3.8, 4) is 11.1 Å². The molecule has 0 aliphatic carbocycles. The molecule has 1 aliphatic rings. The largest absolute Gasteiger partial charge is 0.388 e. The molecule has 3 rings (SSSR count). The van der Waals surface area contributed by atoms with Gasteiger partial charge in [0.2, 0.25) is 5.91 Å². The number of nitrogens with two attached hydrogens (primary N) is 2. The van der Waals surface area contributed by atoms with E-state index in [1.54, 1.807) is 24.3 Å². The van der Waals surface area contributed by atoms with Crippen LogP contribution in [-0.2, 0) is 4.79 Å². The van der Waals surface area contributed by atoms with Crippen LogP contribution in [0.2, 0.25) is 0 Å². The van der Waals surface area contributed by atoms with Crippen molar-refractivity contribution in [3.63, 3.8) is 0 Å². The summed E-state index contributed by atoms with van der Waals surface area (Å²) in [5.74, 6) is 10.6. The Morgan fingerprint density at radius 1 is 1.26 bits per heavy atom. The van der Waals surface area contributed by atoms with E-state index in [4.69, 9.17) is 23.3 Å². The SMILES string of the molecule is C=C(/C=C\C(Cl)=C/C/C=C/C(=O)N[C@H]1CCCCCNc2cc(NC)ccc2-c2cncc1c2)N(N)/C=N\N. The first-order valence-electron chi connectivity index (χ1n) is 12.9. The number of nitrogens with zero attached hydrogens (tertiary/aromatic N) is 3. The normalized spacial score (nSPS) is 16.3. The summed E-state index contributed by atoms with van der Waals surface area (Å²) in [6, 6.07) is 8.26. The molecule has 7 N–H and O–H groups in total. The Morgan fingerprint density at radius 2 is 2.10 bits per heavy atom. The lowest BCUT2D eigenvalue weighted by Crippen LogP contribution is -2.27. The number of anilines is 2. The van der Waals surface area contributed by atoms with Gasteiger partial charge in [-0.2, -0.15) is 5.10 Å². The average Bonchev–Trinajstić information content (AvgIpc) is 2.94. The van der Waals surface area contributed by atoms with Gasteiger partial charge in [0.15, 0.2) is 0 Å². The highest BCUT2D eigenvalue weighted by molar-refractivity contribution is 6.31. The number of pyridine rings is 1. The number of hydrogen-bond acceptors (Lipinski definition) is 7. The molecule has 0 radical (unpaired) electrons. The molecule has 0 saturated carbocycles. The third kappa shape index (κ3) is 9.31. The molecule has 1 aromatic heterocycles. The van der Waals surface area contributed by atoms with Crippen LogP contribution in [0.3, 0.4) is 0 Å². The molecule has 10 heteroatoms. The smallest absolute Gasteiger partial charge is 0.244 e. The lowest BCUT2D eigenvalue weighted by atomic mass is 9.96. The van der Waals surface area contributed by atoms with Gasteiger partial charge in [0.25, 0.3) is 0 Å². The molecule has 0 spiro atoms. The van der Waals surface area contributed by atoms with Crippen molar-refractivity contribution in [1.82, 2.24) is 15.3 Å². The van der Waals surface area contributed by atoms with Gasteiger partial charge in [-0.3, -0.25) is 14.8 Å². The summed E-state index contributed by atoms with van der Waals surface area (Å²) in [6.45, 7) is 4.67. The van der Waals surface area contributed by atoms with Crippen molar-refractivity contribution >= 4 is 35.2 Å². The lowest BCUT2D eigenvalue weighted by molar-refractivity contribution is -0.117. The summed E-state index contributed by atoms with van der Waals surface area (Å²) >= 11 is 6.22. The maximum atomic E-state index is 12.8. The molecule has 2 heterocycles. The quantitative estimate of drug-likeness (QED) is 0.0730. The van der Waals surface area contributed by atoms with Crippen molar-refractivity contribution in [2.24, 2.45) is 16.8 Å². The summed E-state index contributed by atoms with van der Waals surface area (Å²) < 4.78 is 0. The molecule has 1 aromatic carbocycles. The van der Waals surface area contributed by atoms with E-state index in [-0.39, 0.29) is 11.9 Å². The number of carbonyl (C=O) groups is 1. The standard InChI is InChI=1S/C29H37ClN8O/c1-21(38(32)20-36-31)11-12-24(30)8-5-6-10-29(39)37-27-9-4-3-7-15-35-28-17-25(33-2)13-14-26(28)22-16-23(27)19-34-18-22/h6,8,10-14,16-20,27,33,35H,1,3-5,7,9,15,31-32H2,2H3,(H,37,39)/b10-6+,12-11-,24-8+,36-20-/t27-/m0/s1. The van der Waals surface area contributed by atoms with Crippen LogP contribution in [0.4, 0.5) is 11.4 Å². The van der Waals surface area contributed by atoms with E-state index < -0.39 is 0 Å². The number of hydrogen-bond donors (Lipinski definition) is 5. The average molecular weight is 549 g/mol. The number of rotatable bonds is 9. The predicted octanol–water partition coefficient (Wildman–Crippen LogP) is 5.15. The van der Waals surface area contributed by atoms with E-state index in [9.17, 15) is 4.79 Å². The van der Waals surface area contributed by atoms with Crippen molar-refractivity contribution in [2.75, 3.05) is 24.2 Å². The van der Waals surface area contributed by atoms with E-state index in [2.05, 4.69) is 56.9 Å². The van der Waals surface area contributed by atoms with Gasteiger partial charge in [-0.1, -0.05) is 49.2 Å². The Kier molecular flexibility index (Phi) is 11.6. The van der Waals surface area contributed by atoms with E-state index in [0.717, 1.165) is 60.3 Å². The van der Waals surface area contributed by atoms with Crippen molar-refractivity contribution in [1.29, 1.82) is 0 Å². The second-order valence-corrected chi connectivity index (χ2v) is 9.51. The fourth-order valence-electron chi connectivity index (χ4n) is 4.14. The number of allylic oxidation sites excluding steroid dienone is 5.